The molecule has 21 heavy (non-hydrogen) atoms. The highest BCUT2D eigenvalue weighted by Gasteiger charge is 2.20. The number of fused-ring (bicyclic) bond motifs is 1. The van der Waals surface area contributed by atoms with Crippen LogP contribution in [0.2, 0.25) is 0 Å². The highest BCUT2D eigenvalue weighted by molar-refractivity contribution is 5.81. The zero-order valence-electron chi connectivity index (χ0n) is 12.6. The van der Waals surface area contributed by atoms with E-state index in [0.717, 1.165) is 19.6 Å². The lowest BCUT2D eigenvalue weighted by Gasteiger charge is -2.24. The Morgan fingerprint density at radius 1 is 1.43 bits per heavy atom. The van der Waals surface area contributed by atoms with Gasteiger partial charge >= 0.3 is 0 Å². The molecule has 1 fully saturated rings. The molecule has 4 heteroatoms. The zero-order chi connectivity index (χ0) is 14.7. The SMILES string of the molecule is CC(=O)NCCn1c(C2CCCNC2)cc2ccccc21. The molecule has 0 spiro atoms. The number of aromatic nitrogens is 1. The number of rotatable bonds is 4. The Balaban J connectivity index is 1.91. The van der Waals surface area contributed by atoms with E-state index < -0.39 is 0 Å². The van der Waals surface area contributed by atoms with Gasteiger partial charge in [0.05, 0.1) is 0 Å². The first-order valence-electron chi connectivity index (χ1n) is 7.79. The van der Waals surface area contributed by atoms with E-state index >= 15 is 0 Å². The van der Waals surface area contributed by atoms with Crippen LogP contribution in [0.3, 0.4) is 0 Å². The predicted molar refractivity (Wildman–Crippen MR) is 85.5 cm³/mol. The summed E-state index contributed by atoms with van der Waals surface area (Å²) >= 11 is 0. The van der Waals surface area contributed by atoms with Crippen LogP contribution >= 0.6 is 0 Å². The third-order valence-electron chi connectivity index (χ3n) is 4.27. The van der Waals surface area contributed by atoms with Crippen molar-refractivity contribution in [3.63, 3.8) is 0 Å². The fraction of sp³-hybridized carbons (Fsp3) is 0.471. The number of nitrogens with zero attached hydrogens (tertiary/aromatic N) is 1. The molecular formula is C17H23N3O. The van der Waals surface area contributed by atoms with E-state index in [1.807, 2.05) is 0 Å². The molecule has 1 amide bonds. The van der Waals surface area contributed by atoms with E-state index in [0.29, 0.717) is 12.5 Å². The molecule has 2 aromatic rings. The van der Waals surface area contributed by atoms with E-state index in [1.165, 1.54) is 29.4 Å². The Morgan fingerprint density at radius 3 is 3.05 bits per heavy atom. The summed E-state index contributed by atoms with van der Waals surface area (Å²) in [6.45, 7) is 5.26. The van der Waals surface area contributed by atoms with Crippen LogP contribution < -0.4 is 10.6 Å². The van der Waals surface area contributed by atoms with Crippen molar-refractivity contribution in [2.75, 3.05) is 19.6 Å². The number of amides is 1. The number of carbonyl (C=O) groups excluding carboxylic acids is 1. The lowest BCUT2D eigenvalue weighted by molar-refractivity contribution is -0.118. The number of hydrogen-bond acceptors (Lipinski definition) is 2. The van der Waals surface area contributed by atoms with Crippen LogP contribution in [0.15, 0.2) is 30.3 Å². The van der Waals surface area contributed by atoms with Gasteiger partial charge in [0, 0.05) is 43.7 Å². The maximum absolute atomic E-state index is 11.1. The number of benzene rings is 1. The van der Waals surface area contributed by atoms with Gasteiger partial charge in [-0.25, -0.2) is 0 Å². The van der Waals surface area contributed by atoms with Crippen molar-refractivity contribution in [1.82, 2.24) is 15.2 Å². The smallest absolute Gasteiger partial charge is 0.216 e. The largest absolute Gasteiger partial charge is 0.355 e. The average Bonchev–Trinajstić information content (AvgIpc) is 2.87. The molecule has 1 aromatic heterocycles. The Kier molecular flexibility index (Phi) is 4.25. The molecule has 1 aliphatic rings. The fourth-order valence-electron chi connectivity index (χ4n) is 3.27. The second-order valence-corrected chi connectivity index (χ2v) is 5.81. The van der Waals surface area contributed by atoms with Gasteiger partial charge in [-0.3, -0.25) is 4.79 Å². The van der Waals surface area contributed by atoms with Crippen molar-refractivity contribution >= 4 is 16.8 Å². The van der Waals surface area contributed by atoms with Crippen LogP contribution in [0.5, 0.6) is 0 Å². The molecule has 0 radical (unpaired) electrons. The van der Waals surface area contributed by atoms with Crippen LogP contribution in [0.1, 0.15) is 31.4 Å². The molecular weight excluding hydrogens is 262 g/mol. The molecule has 2 N–H and O–H groups in total. The molecule has 0 saturated carbocycles. The fourth-order valence-corrected chi connectivity index (χ4v) is 3.27. The summed E-state index contributed by atoms with van der Waals surface area (Å²) in [6.07, 6.45) is 2.47. The third kappa shape index (κ3) is 3.10. The number of carbonyl (C=O) groups is 1. The van der Waals surface area contributed by atoms with Crippen molar-refractivity contribution in [2.24, 2.45) is 0 Å². The lowest BCUT2D eigenvalue weighted by Crippen LogP contribution is -2.30. The van der Waals surface area contributed by atoms with Crippen molar-refractivity contribution in [3.05, 3.63) is 36.0 Å². The molecule has 1 unspecified atom stereocenters. The third-order valence-corrected chi connectivity index (χ3v) is 4.27. The van der Waals surface area contributed by atoms with E-state index in [9.17, 15) is 4.79 Å². The van der Waals surface area contributed by atoms with Gasteiger partial charge in [-0.2, -0.15) is 0 Å². The van der Waals surface area contributed by atoms with Gasteiger partial charge < -0.3 is 15.2 Å². The van der Waals surface area contributed by atoms with Crippen LogP contribution in [-0.4, -0.2) is 30.1 Å². The van der Waals surface area contributed by atoms with Gasteiger partial charge in [-0.05, 0) is 36.9 Å². The van der Waals surface area contributed by atoms with E-state index in [-0.39, 0.29) is 5.91 Å². The number of hydrogen-bond donors (Lipinski definition) is 2. The normalized spacial score (nSPS) is 18.8. The van der Waals surface area contributed by atoms with Gasteiger partial charge in [-0.1, -0.05) is 18.2 Å². The molecule has 0 bridgehead atoms. The number of piperidine rings is 1. The average molecular weight is 285 g/mol. The van der Waals surface area contributed by atoms with Crippen LogP contribution in [-0.2, 0) is 11.3 Å². The highest BCUT2D eigenvalue weighted by Crippen LogP contribution is 2.29. The monoisotopic (exact) mass is 285 g/mol. The van der Waals surface area contributed by atoms with Gasteiger partial charge in [-0.15, -0.1) is 0 Å². The maximum atomic E-state index is 11.1. The summed E-state index contributed by atoms with van der Waals surface area (Å²) in [5.74, 6) is 0.607. The number of nitrogens with one attached hydrogen (secondary N) is 2. The van der Waals surface area contributed by atoms with Gasteiger partial charge in [0.25, 0.3) is 0 Å². The van der Waals surface area contributed by atoms with Crippen molar-refractivity contribution in [2.45, 2.75) is 32.2 Å². The van der Waals surface area contributed by atoms with Crippen LogP contribution in [0.25, 0.3) is 10.9 Å². The van der Waals surface area contributed by atoms with E-state index in [2.05, 4.69) is 45.5 Å². The van der Waals surface area contributed by atoms with Gasteiger partial charge in [0.15, 0.2) is 0 Å². The van der Waals surface area contributed by atoms with Crippen molar-refractivity contribution in [3.8, 4) is 0 Å². The molecule has 112 valence electrons. The van der Waals surface area contributed by atoms with E-state index in [4.69, 9.17) is 0 Å². The van der Waals surface area contributed by atoms with Crippen molar-refractivity contribution in [1.29, 1.82) is 0 Å². The molecule has 1 saturated heterocycles. The lowest BCUT2D eigenvalue weighted by atomic mass is 9.96. The quantitative estimate of drug-likeness (QED) is 0.905. The Hall–Kier alpha value is -1.81. The summed E-state index contributed by atoms with van der Waals surface area (Å²) in [6, 6.07) is 10.8. The summed E-state index contributed by atoms with van der Waals surface area (Å²) in [5.41, 5.74) is 2.66. The second-order valence-electron chi connectivity index (χ2n) is 5.81. The van der Waals surface area contributed by atoms with Crippen molar-refractivity contribution < 1.29 is 4.79 Å². The molecule has 1 aliphatic heterocycles. The molecule has 1 atom stereocenters. The minimum absolute atomic E-state index is 0.0346. The molecule has 3 rings (SSSR count). The molecule has 1 aromatic carbocycles. The topological polar surface area (TPSA) is 46.1 Å². The zero-order valence-corrected chi connectivity index (χ0v) is 12.6. The first kappa shape index (κ1) is 14.1. The van der Waals surface area contributed by atoms with Crippen LogP contribution in [0.4, 0.5) is 0 Å². The first-order chi connectivity index (χ1) is 10.3. The van der Waals surface area contributed by atoms with Gasteiger partial charge in [0.1, 0.15) is 0 Å². The molecule has 4 nitrogen and oxygen atoms in total. The molecule has 0 aliphatic carbocycles. The Morgan fingerprint density at radius 2 is 2.29 bits per heavy atom. The summed E-state index contributed by atoms with van der Waals surface area (Å²) in [5, 5.41) is 7.69. The summed E-state index contributed by atoms with van der Waals surface area (Å²) < 4.78 is 2.38. The highest BCUT2D eigenvalue weighted by atomic mass is 16.1. The standard InChI is InChI=1S/C17H23N3O/c1-13(21)19-9-10-20-16-7-3-2-5-14(16)11-17(20)15-6-4-8-18-12-15/h2-3,5,7,11,15,18H,4,6,8-10,12H2,1H3,(H,19,21). The van der Waals surface area contributed by atoms with Crippen LogP contribution in [0, 0.1) is 0 Å². The first-order valence-corrected chi connectivity index (χ1v) is 7.79. The Bertz CT molecular complexity index is 626. The maximum Gasteiger partial charge on any atom is 0.216 e. The minimum atomic E-state index is 0.0346. The van der Waals surface area contributed by atoms with Gasteiger partial charge in [0.2, 0.25) is 5.91 Å². The van der Waals surface area contributed by atoms with E-state index in [1.54, 1.807) is 6.92 Å². The molecule has 2 heterocycles. The number of para-hydroxylation sites is 1. The minimum Gasteiger partial charge on any atom is -0.355 e. The summed E-state index contributed by atoms with van der Waals surface area (Å²) in [7, 11) is 0. The Labute approximate surface area is 125 Å². The second kappa shape index (κ2) is 6.31. The predicted octanol–water partition coefficient (Wildman–Crippen LogP) is 2.24. The summed E-state index contributed by atoms with van der Waals surface area (Å²) in [4.78, 5) is 11.1.